The molecule has 9 heteroatoms. The van der Waals surface area contributed by atoms with Crippen LogP contribution in [0, 0.1) is 0 Å². The molecule has 1 fully saturated rings. The maximum Gasteiger partial charge on any atom is 0.237 e. The first-order valence-corrected chi connectivity index (χ1v) is 7.83. The minimum atomic E-state index is -0.613. The Balaban J connectivity index is 0.00000288. The van der Waals surface area contributed by atoms with Crippen LogP contribution in [0.1, 0.15) is 19.5 Å². The molecule has 136 valence electrons. The summed E-state index contributed by atoms with van der Waals surface area (Å²) < 4.78 is 1.84. The van der Waals surface area contributed by atoms with Gasteiger partial charge in [-0.2, -0.15) is 5.10 Å². The van der Waals surface area contributed by atoms with E-state index in [0.717, 1.165) is 37.8 Å². The topological polar surface area (TPSA) is 91.8 Å². The Hall–Kier alpha value is -1.36. The molecule has 0 aromatic carbocycles. The normalized spacial score (nSPS) is 16.7. The summed E-state index contributed by atoms with van der Waals surface area (Å²) in [6.07, 6.45) is 1.78. The van der Waals surface area contributed by atoms with Gasteiger partial charge in [-0.1, -0.05) is 0 Å². The van der Waals surface area contributed by atoms with Crippen molar-refractivity contribution in [2.45, 2.75) is 25.9 Å². The molecule has 1 amide bonds. The fourth-order valence-electron chi connectivity index (χ4n) is 2.71. The van der Waals surface area contributed by atoms with Gasteiger partial charge in [-0.15, -0.1) is 24.0 Å². The third kappa shape index (κ3) is 4.59. The second kappa shape index (κ2) is 8.65. The molecular formula is C15H28IN7O. The van der Waals surface area contributed by atoms with E-state index in [2.05, 4.69) is 25.2 Å². The number of carbonyl (C=O) groups is 1. The van der Waals surface area contributed by atoms with E-state index in [0.29, 0.717) is 6.54 Å². The summed E-state index contributed by atoms with van der Waals surface area (Å²) in [6.45, 7) is 7.60. The third-order valence-corrected chi connectivity index (χ3v) is 4.53. The zero-order valence-corrected chi connectivity index (χ0v) is 17.2. The number of hydrogen-bond donors (Lipinski definition) is 2. The van der Waals surface area contributed by atoms with Gasteiger partial charge in [-0.25, -0.2) is 0 Å². The number of primary amides is 1. The van der Waals surface area contributed by atoms with Gasteiger partial charge in [0.1, 0.15) is 0 Å². The summed E-state index contributed by atoms with van der Waals surface area (Å²) in [4.78, 5) is 20.3. The van der Waals surface area contributed by atoms with E-state index in [1.807, 2.05) is 31.6 Å². The van der Waals surface area contributed by atoms with Crippen molar-refractivity contribution >= 4 is 35.8 Å². The minimum Gasteiger partial charge on any atom is -0.368 e. The molecule has 0 atom stereocenters. The molecule has 1 aliphatic heterocycles. The second-order valence-electron chi connectivity index (χ2n) is 6.24. The molecule has 8 nitrogen and oxygen atoms in total. The van der Waals surface area contributed by atoms with Gasteiger partial charge in [0.15, 0.2) is 5.96 Å². The molecule has 1 aromatic heterocycles. The Kier molecular flexibility index (Phi) is 7.46. The molecule has 1 saturated heterocycles. The molecule has 1 aromatic rings. The summed E-state index contributed by atoms with van der Waals surface area (Å²) in [5, 5.41) is 7.52. The number of halogens is 1. The van der Waals surface area contributed by atoms with Crippen molar-refractivity contribution in [1.29, 1.82) is 0 Å². The molecule has 2 rings (SSSR count). The van der Waals surface area contributed by atoms with E-state index < -0.39 is 5.54 Å². The summed E-state index contributed by atoms with van der Waals surface area (Å²) in [7, 11) is 3.70. The van der Waals surface area contributed by atoms with Crippen LogP contribution in [-0.2, 0) is 18.4 Å². The van der Waals surface area contributed by atoms with Gasteiger partial charge >= 0.3 is 0 Å². The monoisotopic (exact) mass is 449 g/mol. The molecular weight excluding hydrogens is 421 g/mol. The van der Waals surface area contributed by atoms with Gasteiger partial charge < -0.3 is 16.0 Å². The van der Waals surface area contributed by atoms with Crippen LogP contribution in [0.2, 0.25) is 0 Å². The predicted octanol–water partition coefficient (Wildman–Crippen LogP) is -0.00500. The van der Waals surface area contributed by atoms with Gasteiger partial charge in [0.25, 0.3) is 0 Å². The number of amides is 1. The molecule has 24 heavy (non-hydrogen) atoms. The Morgan fingerprint density at radius 2 is 2.00 bits per heavy atom. The number of piperazine rings is 1. The average molecular weight is 449 g/mol. The van der Waals surface area contributed by atoms with Crippen molar-refractivity contribution in [2.24, 2.45) is 17.8 Å². The van der Waals surface area contributed by atoms with Crippen LogP contribution in [0.15, 0.2) is 17.3 Å². The summed E-state index contributed by atoms with van der Waals surface area (Å²) >= 11 is 0. The lowest BCUT2D eigenvalue weighted by Gasteiger charge is -2.43. The van der Waals surface area contributed by atoms with E-state index in [4.69, 9.17) is 5.73 Å². The number of nitrogens with two attached hydrogens (primary N) is 1. The molecule has 0 unspecified atom stereocenters. The quantitative estimate of drug-likeness (QED) is 0.384. The maximum atomic E-state index is 11.6. The lowest BCUT2D eigenvalue weighted by Crippen LogP contribution is -2.61. The number of nitrogens with one attached hydrogen (secondary N) is 1. The van der Waals surface area contributed by atoms with Crippen molar-refractivity contribution in [3.63, 3.8) is 0 Å². The molecule has 0 bridgehead atoms. The largest absolute Gasteiger partial charge is 0.368 e. The molecule has 3 N–H and O–H groups in total. The van der Waals surface area contributed by atoms with Crippen LogP contribution < -0.4 is 11.1 Å². The highest BCUT2D eigenvalue weighted by atomic mass is 127. The van der Waals surface area contributed by atoms with Crippen molar-refractivity contribution in [2.75, 3.05) is 33.2 Å². The van der Waals surface area contributed by atoms with Crippen molar-refractivity contribution in [1.82, 2.24) is 24.9 Å². The fourth-order valence-corrected chi connectivity index (χ4v) is 2.71. The zero-order chi connectivity index (χ0) is 17.0. The van der Waals surface area contributed by atoms with Crippen LogP contribution in [0.3, 0.4) is 0 Å². The summed E-state index contributed by atoms with van der Waals surface area (Å²) in [5.74, 6) is 0.576. The second-order valence-corrected chi connectivity index (χ2v) is 6.24. The van der Waals surface area contributed by atoms with E-state index in [1.165, 1.54) is 0 Å². The lowest BCUT2D eigenvalue weighted by molar-refractivity contribution is -0.129. The molecule has 1 aliphatic rings. The predicted molar refractivity (Wildman–Crippen MR) is 105 cm³/mol. The number of aliphatic imine (C=N–C) groups is 1. The highest BCUT2D eigenvalue weighted by Crippen LogP contribution is 2.16. The first-order chi connectivity index (χ1) is 10.9. The highest BCUT2D eigenvalue weighted by molar-refractivity contribution is 14.0. The molecule has 0 radical (unpaired) electrons. The number of aromatic nitrogens is 2. The van der Waals surface area contributed by atoms with E-state index in [9.17, 15) is 4.79 Å². The lowest BCUT2D eigenvalue weighted by atomic mass is 10.0. The van der Waals surface area contributed by atoms with Gasteiger partial charge in [0.2, 0.25) is 5.91 Å². The van der Waals surface area contributed by atoms with E-state index >= 15 is 0 Å². The third-order valence-electron chi connectivity index (χ3n) is 4.53. The highest BCUT2D eigenvalue weighted by Gasteiger charge is 2.35. The van der Waals surface area contributed by atoms with Crippen LogP contribution in [0.25, 0.3) is 0 Å². The summed E-state index contributed by atoms with van der Waals surface area (Å²) in [6, 6.07) is 1.98. The Morgan fingerprint density at radius 1 is 1.38 bits per heavy atom. The van der Waals surface area contributed by atoms with Crippen LogP contribution in [0.4, 0.5) is 0 Å². The van der Waals surface area contributed by atoms with Crippen LogP contribution in [-0.4, -0.2) is 70.2 Å². The first-order valence-electron chi connectivity index (χ1n) is 7.83. The van der Waals surface area contributed by atoms with Crippen molar-refractivity contribution in [3.05, 3.63) is 18.0 Å². The van der Waals surface area contributed by atoms with Crippen molar-refractivity contribution < 1.29 is 4.79 Å². The molecule has 0 spiro atoms. The number of guanidine groups is 1. The van der Waals surface area contributed by atoms with Gasteiger partial charge in [-0.05, 0) is 19.9 Å². The average Bonchev–Trinajstić information content (AvgIpc) is 2.93. The number of carbonyl (C=O) groups excluding carboxylic acids is 1. The molecule has 0 saturated carbocycles. The number of rotatable bonds is 4. The van der Waals surface area contributed by atoms with Crippen molar-refractivity contribution in [3.8, 4) is 0 Å². The van der Waals surface area contributed by atoms with Gasteiger partial charge in [-0.3, -0.25) is 19.4 Å². The smallest absolute Gasteiger partial charge is 0.237 e. The van der Waals surface area contributed by atoms with E-state index in [-0.39, 0.29) is 29.9 Å². The number of aryl methyl sites for hydroxylation is 1. The fraction of sp³-hybridized carbons (Fsp3) is 0.667. The molecule has 0 aliphatic carbocycles. The Morgan fingerprint density at radius 3 is 2.46 bits per heavy atom. The molecule has 2 heterocycles. The summed E-state index contributed by atoms with van der Waals surface area (Å²) in [5.41, 5.74) is 5.98. The van der Waals surface area contributed by atoms with Crippen LogP contribution in [0.5, 0.6) is 0 Å². The number of nitrogens with zero attached hydrogens (tertiary/aromatic N) is 5. The van der Waals surface area contributed by atoms with Gasteiger partial charge in [0.05, 0.1) is 17.8 Å². The van der Waals surface area contributed by atoms with Gasteiger partial charge in [0, 0.05) is 46.5 Å². The zero-order valence-electron chi connectivity index (χ0n) is 14.8. The minimum absolute atomic E-state index is 0. The van der Waals surface area contributed by atoms with Crippen LogP contribution >= 0.6 is 24.0 Å². The van der Waals surface area contributed by atoms with E-state index in [1.54, 1.807) is 13.2 Å². The Bertz CT molecular complexity index is 576. The number of hydrogen-bond acceptors (Lipinski definition) is 4. The maximum absolute atomic E-state index is 11.6. The standard InChI is InChI=1S/C15H27N7O.HI/c1-15(2,13(16)23)22-9-7-21(8-10-22)14(17-3)18-11-12-5-6-19-20(12)4;/h5-6H,7-11H2,1-4H3,(H2,16,23)(H,17,18);1H. The SMILES string of the molecule is CN=C(NCc1ccnn1C)N1CCN(C(C)(C)C(N)=O)CC1.I. The Labute approximate surface area is 160 Å². The first kappa shape index (κ1) is 20.7.